The fraction of sp³-hybridized carbons (Fsp3) is 0.167. The largest absolute Gasteiger partial charge is 0.341 e. The average Bonchev–Trinajstić information content (AvgIpc) is 2.83. The minimum Gasteiger partial charge on any atom is -0.341 e. The topological polar surface area (TPSA) is 49.0 Å². The van der Waals surface area contributed by atoms with E-state index in [1.807, 2.05) is 30.3 Å². The first-order valence-electron chi connectivity index (χ1n) is 5.06. The normalized spacial score (nSPS) is 10.1. The van der Waals surface area contributed by atoms with Gasteiger partial charge in [-0.05, 0) is 5.56 Å². The van der Waals surface area contributed by atoms with Crippen molar-refractivity contribution in [3.63, 3.8) is 0 Å². The van der Waals surface area contributed by atoms with E-state index in [4.69, 9.17) is 0 Å². The lowest BCUT2D eigenvalue weighted by Gasteiger charge is -2.15. The van der Waals surface area contributed by atoms with E-state index in [0.717, 1.165) is 5.56 Å². The van der Waals surface area contributed by atoms with Gasteiger partial charge in [0.1, 0.15) is 0 Å². The molecule has 1 heterocycles. The second kappa shape index (κ2) is 4.61. The van der Waals surface area contributed by atoms with Crippen LogP contribution < -0.4 is 0 Å². The van der Waals surface area contributed by atoms with Crippen LogP contribution in [0.2, 0.25) is 0 Å². The van der Waals surface area contributed by atoms with E-state index in [1.54, 1.807) is 24.3 Å². The zero-order chi connectivity index (χ0) is 11.4. The number of rotatable bonds is 3. The van der Waals surface area contributed by atoms with E-state index in [2.05, 4.69) is 9.97 Å². The van der Waals surface area contributed by atoms with Gasteiger partial charge in [-0.1, -0.05) is 30.3 Å². The van der Waals surface area contributed by atoms with Crippen LogP contribution in [0.15, 0.2) is 42.7 Å². The summed E-state index contributed by atoms with van der Waals surface area (Å²) in [5.74, 6) is 0.271. The van der Waals surface area contributed by atoms with E-state index >= 15 is 0 Å². The van der Waals surface area contributed by atoms with Crippen molar-refractivity contribution < 1.29 is 4.79 Å². The maximum absolute atomic E-state index is 11.8. The molecule has 0 spiro atoms. The number of H-pyrrole nitrogens is 1. The summed E-state index contributed by atoms with van der Waals surface area (Å²) in [6, 6.07) is 9.86. The molecule has 1 amide bonds. The Morgan fingerprint density at radius 3 is 2.75 bits per heavy atom. The first-order valence-corrected chi connectivity index (χ1v) is 5.06. The van der Waals surface area contributed by atoms with Crippen molar-refractivity contribution in [2.24, 2.45) is 0 Å². The lowest BCUT2D eigenvalue weighted by Crippen LogP contribution is -2.27. The molecule has 16 heavy (non-hydrogen) atoms. The van der Waals surface area contributed by atoms with Gasteiger partial charge in [-0.3, -0.25) is 4.79 Å². The molecule has 0 unspecified atom stereocenters. The van der Waals surface area contributed by atoms with Gasteiger partial charge in [-0.15, -0.1) is 0 Å². The number of nitrogens with zero attached hydrogens (tertiary/aromatic N) is 2. The minimum atomic E-state index is -0.103. The van der Waals surface area contributed by atoms with E-state index in [0.29, 0.717) is 12.4 Å². The van der Waals surface area contributed by atoms with E-state index in [1.165, 1.54) is 0 Å². The fourth-order valence-electron chi connectivity index (χ4n) is 1.49. The monoisotopic (exact) mass is 215 g/mol. The Labute approximate surface area is 93.9 Å². The highest BCUT2D eigenvalue weighted by molar-refractivity contribution is 5.90. The van der Waals surface area contributed by atoms with E-state index < -0.39 is 0 Å². The van der Waals surface area contributed by atoms with Crippen molar-refractivity contribution in [2.75, 3.05) is 7.05 Å². The number of carbonyl (C=O) groups excluding carboxylic acids is 1. The van der Waals surface area contributed by atoms with Gasteiger partial charge in [0.25, 0.3) is 5.91 Å². The Morgan fingerprint density at radius 1 is 1.38 bits per heavy atom. The Balaban J connectivity index is 2.04. The number of aromatic nitrogens is 2. The fourth-order valence-corrected chi connectivity index (χ4v) is 1.49. The Morgan fingerprint density at radius 2 is 2.12 bits per heavy atom. The van der Waals surface area contributed by atoms with Crippen molar-refractivity contribution in [3.8, 4) is 0 Å². The van der Waals surface area contributed by atoms with Crippen LogP contribution in [0.1, 0.15) is 16.2 Å². The molecule has 0 atom stereocenters. The van der Waals surface area contributed by atoms with Gasteiger partial charge in [0.15, 0.2) is 5.82 Å². The molecule has 0 saturated carbocycles. The van der Waals surface area contributed by atoms with Gasteiger partial charge in [-0.25, -0.2) is 4.98 Å². The first kappa shape index (κ1) is 10.4. The van der Waals surface area contributed by atoms with Gasteiger partial charge in [0.2, 0.25) is 0 Å². The molecule has 1 aromatic carbocycles. The third-order valence-electron chi connectivity index (χ3n) is 2.31. The number of amides is 1. The number of benzene rings is 1. The number of aromatic amines is 1. The van der Waals surface area contributed by atoms with Crippen LogP contribution in [0.4, 0.5) is 0 Å². The third-order valence-corrected chi connectivity index (χ3v) is 2.31. The second-order valence-electron chi connectivity index (χ2n) is 3.58. The second-order valence-corrected chi connectivity index (χ2v) is 3.58. The third kappa shape index (κ3) is 2.28. The van der Waals surface area contributed by atoms with Crippen molar-refractivity contribution >= 4 is 5.91 Å². The molecule has 0 radical (unpaired) electrons. The van der Waals surface area contributed by atoms with Crippen LogP contribution in [-0.4, -0.2) is 27.8 Å². The molecule has 2 rings (SSSR count). The SMILES string of the molecule is CN(Cc1ccccc1)C(=O)c1ncc[nH]1. The maximum Gasteiger partial charge on any atom is 0.289 e. The highest BCUT2D eigenvalue weighted by atomic mass is 16.2. The van der Waals surface area contributed by atoms with Gasteiger partial charge in [-0.2, -0.15) is 0 Å². The molecule has 0 fully saturated rings. The molecule has 1 N–H and O–H groups in total. The molecule has 4 nitrogen and oxygen atoms in total. The molecular weight excluding hydrogens is 202 g/mol. The molecule has 0 aliphatic rings. The van der Waals surface area contributed by atoms with Crippen LogP contribution >= 0.6 is 0 Å². The summed E-state index contributed by atoms with van der Waals surface area (Å²) in [5, 5.41) is 0. The summed E-state index contributed by atoms with van der Waals surface area (Å²) in [4.78, 5) is 20.2. The number of nitrogens with one attached hydrogen (secondary N) is 1. The number of imidazole rings is 1. The smallest absolute Gasteiger partial charge is 0.289 e. The lowest BCUT2D eigenvalue weighted by atomic mass is 10.2. The molecule has 1 aromatic heterocycles. The maximum atomic E-state index is 11.8. The molecule has 0 saturated heterocycles. The summed E-state index contributed by atoms with van der Waals surface area (Å²) in [5.41, 5.74) is 1.10. The lowest BCUT2D eigenvalue weighted by molar-refractivity contribution is 0.0774. The Kier molecular flexibility index (Phi) is 3.00. The van der Waals surface area contributed by atoms with Crippen LogP contribution in [-0.2, 0) is 6.54 Å². The van der Waals surface area contributed by atoms with E-state index in [-0.39, 0.29) is 5.91 Å². The molecule has 0 aliphatic heterocycles. The molecule has 82 valence electrons. The van der Waals surface area contributed by atoms with Gasteiger partial charge >= 0.3 is 0 Å². The molecule has 4 heteroatoms. The van der Waals surface area contributed by atoms with Crippen molar-refractivity contribution in [3.05, 3.63) is 54.1 Å². The van der Waals surface area contributed by atoms with Crippen molar-refractivity contribution in [2.45, 2.75) is 6.54 Å². The summed E-state index contributed by atoms with van der Waals surface area (Å²) in [7, 11) is 1.76. The van der Waals surface area contributed by atoms with Crippen molar-refractivity contribution in [1.82, 2.24) is 14.9 Å². The van der Waals surface area contributed by atoms with E-state index in [9.17, 15) is 4.79 Å². The van der Waals surface area contributed by atoms with Crippen LogP contribution in [0, 0.1) is 0 Å². The summed E-state index contributed by atoms with van der Waals surface area (Å²) < 4.78 is 0. The molecular formula is C12H13N3O. The first-order chi connectivity index (χ1) is 7.77. The van der Waals surface area contributed by atoms with Gasteiger partial charge in [0.05, 0.1) is 0 Å². The van der Waals surface area contributed by atoms with Crippen LogP contribution in [0.25, 0.3) is 0 Å². The number of hydrogen-bond acceptors (Lipinski definition) is 2. The highest BCUT2D eigenvalue weighted by Crippen LogP contribution is 2.05. The average molecular weight is 215 g/mol. The standard InChI is InChI=1S/C12H13N3O/c1-15(9-10-5-3-2-4-6-10)12(16)11-13-7-8-14-11/h2-8H,9H2,1H3,(H,13,14). The predicted octanol–water partition coefficient (Wildman–Crippen LogP) is 1.68. The van der Waals surface area contributed by atoms with Gasteiger partial charge in [0, 0.05) is 26.0 Å². The predicted molar refractivity (Wildman–Crippen MR) is 60.8 cm³/mol. The number of hydrogen-bond donors (Lipinski definition) is 1. The zero-order valence-electron chi connectivity index (χ0n) is 9.05. The highest BCUT2D eigenvalue weighted by Gasteiger charge is 2.13. The van der Waals surface area contributed by atoms with Gasteiger partial charge < -0.3 is 9.88 Å². The van der Waals surface area contributed by atoms with Crippen LogP contribution in [0.3, 0.4) is 0 Å². The Hall–Kier alpha value is -2.10. The quantitative estimate of drug-likeness (QED) is 0.846. The van der Waals surface area contributed by atoms with Crippen molar-refractivity contribution in [1.29, 1.82) is 0 Å². The molecule has 0 aliphatic carbocycles. The van der Waals surface area contributed by atoms with Crippen LogP contribution in [0.5, 0.6) is 0 Å². The molecule has 2 aromatic rings. The minimum absolute atomic E-state index is 0.103. The number of carbonyl (C=O) groups is 1. The summed E-state index contributed by atoms with van der Waals surface area (Å²) in [6.07, 6.45) is 3.22. The summed E-state index contributed by atoms with van der Waals surface area (Å²) >= 11 is 0. The molecule has 0 bridgehead atoms. The Bertz CT molecular complexity index is 450. The summed E-state index contributed by atoms with van der Waals surface area (Å²) in [6.45, 7) is 0.584. The zero-order valence-corrected chi connectivity index (χ0v) is 9.05.